The second-order valence-electron chi connectivity index (χ2n) is 6.70. The summed E-state index contributed by atoms with van der Waals surface area (Å²) >= 11 is 0. The van der Waals surface area contributed by atoms with E-state index in [4.69, 9.17) is 9.47 Å². The summed E-state index contributed by atoms with van der Waals surface area (Å²) in [5, 5.41) is 28.5. The van der Waals surface area contributed by atoms with E-state index in [-0.39, 0.29) is 5.75 Å². The number of benzene rings is 2. The van der Waals surface area contributed by atoms with Gasteiger partial charge in [0.2, 0.25) is 5.95 Å². The summed E-state index contributed by atoms with van der Waals surface area (Å²) < 4.78 is 12.5. The predicted octanol–water partition coefficient (Wildman–Crippen LogP) is 2.88. The maximum atomic E-state index is 9.90. The lowest BCUT2D eigenvalue weighted by atomic mass is 10.1. The summed E-state index contributed by atoms with van der Waals surface area (Å²) in [6.45, 7) is 2.63. The zero-order valence-electron chi connectivity index (χ0n) is 16.5. The third-order valence-corrected chi connectivity index (χ3v) is 4.83. The van der Waals surface area contributed by atoms with Gasteiger partial charge in [-0.2, -0.15) is 5.26 Å². The number of methoxy groups -OCH3 is 1. The highest BCUT2D eigenvalue weighted by molar-refractivity contribution is 5.88. The molecule has 0 atom stereocenters. The van der Waals surface area contributed by atoms with Crippen LogP contribution in [-0.2, 0) is 4.74 Å². The number of nitriles is 1. The molecular formula is C22H21N5O3. The van der Waals surface area contributed by atoms with Crippen molar-refractivity contribution in [2.24, 2.45) is 0 Å². The lowest BCUT2D eigenvalue weighted by Crippen LogP contribution is -2.38. The monoisotopic (exact) mass is 403 g/mol. The van der Waals surface area contributed by atoms with Gasteiger partial charge in [0.1, 0.15) is 6.07 Å². The molecule has 1 fully saturated rings. The molecule has 0 aliphatic carbocycles. The minimum absolute atomic E-state index is 0.0372. The van der Waals surface area contributed by atoms with Crippen LogP contribution in [-0.4, -0.2) is 53.3 Å². The molecule has 0 radical (unpaired) electrons. The molecule has 1 saturated heterocycles. The Labute approximate surface area is 174 Å². The van der Waals surface area contributed by atoms with Crippen molar-refractivity contribution in [1.82, 2.24) is 14.8 Å². The molecule has 2 heterocycles. The number of anilines is 1. The number of hydrogen-bond acceptors (Lipinski definition) is 7. The average Bonchev–Trinajstić information content (AvgIpc) is 3.24. The molecule has 0 unspecified atom stereocenters. The summed E-state index contributed by atoms with van der Waals surface area (Å²) in [5.41, 5.74) is 1.92. The van der Waals surface area contributed by atoms with Crippen molar-refractivity contribution in [3.8, 4) is 23.3 Å². The van der Waals surface area contributed by atoms with E-state index in [1.54, 1.807) is 18.2 Å². The number of phenols is 1. The summed E-state index contributed by atoms with van der Waals surface area (Å²) in [6, 6.07) is 16.9. The first kappa shape index (κ1) is 19.5. The van der Waals surface area contributed by atoms with Gasteiger partial charge in [0.15, 0.2) is 17.3 Å². The molecule has 0 amide bonds. The minimum Gasteiger partial charge on any atom is -0.504 e. The molecule has 0 saturated carbocycles. The van der Waals surface area contributed by atoms with E-state index in [1.165, 1.54) is 13.2 Å². The molecule has 4 rings (SSSR count). The first-order valence-corrected chi connectivity index (χ1v) is 9.54. The topological polar surface area (TPSA) is 96.4 Å². The molecule has 1 N–H and O–H groups in total. The van der Waals surface area contributed by atoms with Crippen LogP contribution >= 0.6 is 0 Å². The van der Waals surface area contributed by atoms with Gasteiger partial charge in [0, 0.05) is 13.1 Å². The first-order chi connectivity index (χ1) is 14.7. The van der Waals surface area contributed by atoms with Crippen LogP contribution < -0.4 is 9.64 Å². The van der Waals surface area contributed by atoms with Crippen LogP contribution in [0.3, 0.4) is 0 Å². The molecule has 1 aromatic heterocycles. The Morgan fingerprint density at radius 2 is 1.93 bits per heavy atom. The number of phenolic OH excluding ortho intramolecular Hbond substituents is 1. The highest BCUT2D eigenvalue weighted by Crippen LogP contribution is 2.30. The summed E-state index contributed by atoms with van der Waals surface area (Å²) in [6.07, 6.45) is 1.70. The zero-order valence-corrected chi connectivity index (χ0v) is 16.5. The number of aromatic nitrogens is 3. The van der Waals surface area contributed by atoms with Crippen molar-refractivity contribution in [3.05, 3.63) is 59.9 Å². The number of nitrogens with zero attached hydrogens (tertiary/aromatic N) is 5. The van der Waals surface area contributed by atoms with E-state index < -0.39 is 0 Å². The summed E-state index contributed by atoms with van der Waals surface area (Å²) in [5.74, 6) is 1.48. The van der Waals surface area contributed by atoms with E-state index >= 15 is 0 Å². The summed E-state index contributed by atoms with van der Waals surface area (Å²) in [4.78, 5) is 2.10. The Bertz CT molecular complexity index is 1100. The zero-order chi connectivity index (χ0) is 20.9. The average molecular weight is 403 g/mol. The molecule has 1 aliphatic heterocycles. The van der Waals surface area contributed by atoms with Gasteiger partial charge < -0.3 is 19.5 Å². The third kappa shape index (κ3) is 3.83. The van der Waals surface area contributed by atoms with Crippen molar-refractivity contribution in [3.63, 3.8) is 0 Å². The fraction of sp³-hybridized carbons (Fsp3) is 0.227. The second kappa shape index (κ2) is 8.68. The Morgan fingerprint density at radius 1 is 1.17 bits per heavy atom. The molecule has 8 heteroatoms. The Hall–Kier alpha value is -3.83. The maximum Gasteiger partial charge on any atom is 0.232 e. The Kier molecular flexibility index (Phi) is 5.63. The Morgan fingerprint density at radius 3 is 2.63 bits per heavy atom. The molecule has 30 heavy (non-hydrogen) atoms. The van der Waals surface area contributed by atoms with Crippen LogP contribution in [0.25, 0.3) is 17.3 Å². The molecule has 8 nitrogen and oxygen atoms in total. The van der Waals surface area contributed by atoms with E-state index in [0.29, 0.717) is 55.0 Å². The van der Waals surface area contributed by atoms with Crippen molar-refractivity contribution in [1.29, 1.82) is 5.26 Å². The molecule has 152 valence electrons. The third-order valence-electron chi connectivity index (χ3n) is 4.83. The van der Waals surface area contributed by atoms with Crippen LogP contribution in [0.4, 0.5) is 5.95 Å². The summed E-state index contributed by atoms with van der Waals surface area (Å²) in [7, 11) is 1.48. The van der Waals surface area contributed by atoms with Crippen LogP contribution in [0, 0.1) is 11.3 Å². The van der Waals surface area contributed by atoms with Gasteiger partial charge >= 0.3 is 0 Å². The van der Waals surface area contributed by atoms with E-state index in [2.05, 4.69) is 21.2 Å². The molecule has 1 aliphatic rings. The number of ether oxygens (including phenoxy) is 2. The lowest BCUT2D eigenvalue weighted by molar-refractivity contribution is 0.122. The van der Waals surface area contributed by atoms with Crippen molar-refractivity contribution >= 4 is 17.6 Å². The van der Waals surface area contributed by atoms with Gasteiger partial charge in [0.25, 0.3) is 0 Å². The molecular weight excluding hydrogens is 382 g/mol. The molecule has 3 aromatic rings. The van der Waals surface area contributed by atoms with Crippen LogP contribution in [0.2, 0.25) is 0 Å². The number of rotatable bonds is 5. The maximum absolute atomic E-state index is 9.90. The van der Waals surface area contributed by atoms with E-state index in [9.17, 15) is 10.4 Å². The van der Waals surface area contributed by atoms with Gasteiger partial charge in [-0.15, -0.1) is 10.2 Å². The van der Waals surface area contributed by atoms with Gasteiger partial charge in [0.05, 0.1) is 31.6 Å². The van der Waals surface area contributed by atoms with E-state index in [1.807, 2.05) is 34.9 Å². The first-order valence-electron chi connectivity index (χ1n) is 9.54. The highest BCUT2D eigenvalue weighted by Gasteiger charge is 2.23. The van der Waals surface area contributed by atoms with Crippen LogP contribution in [0.5, 0.6) is 11.5 Å². The molecule has 0 spiro atoms. The van der Waals surface area contributed by atoms with Crippen molar-refractivity contribution in [2.45, 2.75) is 0 Å². The van der Waals surface area contributed by atoms with Crippen LogP contribution in [0.1, 0.15) is 11.4 Å². The highest BCUT2D eigenvalue weighted by atomic mass is 16.5. The van der Waals surface area contributed by atoms with Crippen LogP contribution in [0.15, 0.2) is 48.5 Å². The lowest BCUT2D eigenvalue weighted by Gasteiger charge is -2.28. The van der Waals surface area contributed by atoms with E-state index in [0.717, 1.165) is 5.69 Å². The van der Waals surface area contributed by atoms with Gasteiger partial charge in [-0.25, -0.2) is 0 Å². The molecule has 0 bridgehead atoms. The number of allylic oxidation sites excluding steroid dienone is 1. The largest absolute Gasteiger partial charge is 0.504 e. The second-order valence-corrected chi connectivity index (χ2v) is 6.70. The van der Waals surface area contributed by atoms with Gasteiger partial charge in [-0.05, 0) is 35.9 Å². The SMILES string of the molecule is COc1cc(C=C(C#N)c2nnc(N3CCOCC3)n2-c2ccccc2)ccc1O. The van der Waals surface area contributed by atoms with Crippen molar-refractivity contribution in [2.75, 3.05) is 38.3 Å². The standard InChI is InChI=1S/C22H21N5O3/c1-29-20-14-16(7-8-19(20)28)13-17(15-23)21-24-25-22(26-9-11-30-12-10-26)27(21)18-5-3-2-4-6-18/h2-8,13-14,28H,9-12H2,1H3. The van der Waals surface area contributed by atoms with Gasteiger partial charge in [-0.1, -0.05) is 24.3 Å². The predicted molar refractivity (Wildman–Crippen MR) is 113 cm³/mol. The quantitative estimate of drug-likeness (QED) is 0.654. The number of morpholine rings is 1. The van der Waals surface area contributed by atoms with Crippen molar-refractivity contribution < 1.29 is 14.6 Å². The minimum atomic E-state index is 0.0372. The fourth-order valence-electron chi connectivity index (χ4n) is 3.33. The number of aromatic hydroxyl groups is 1. The normalized spacial score (nSPS) is 14.4. The Balaban J connectivity index is 1.83. The number of para-hydroxylation sites is 1. The molecule has 2 aromatic carbocycles. The smallest absolute Gasteiger partial charge is 0.232 e. The number of hydrogen-bond donors (Lipinski definition) is 1. The fourth-order valence-corrected chi connectivity index (χ4v) is 3.33. The van der Waals surface area contributed by atoms with Gasteiger partial charge in [-0.3, -0.25) is 4.57 Å².